The Morgan fingerprint density at radius 1 is 0.895 bits per heavy atom. The molecule has 2 aromatic carbocycles. The molecule has 1 heterocycles. The van der Waals surface area contributed by atoms with Crippen molar-refractivity contribution < 1.29 is 9.59 Å². The number of hydrogen-bond donors (Lipinski definition) is 5. The fourth-order valence-corrected chi connectivity index (χ4v) is 4.52. The maximum absolute atomic E-state index is 12.4. The van der Waals surface area contributed by atoms with Gasteiger partial charge in [-0.3, -0.25) is 9.59 Å². The summed E-state index contributed by atoms with van der Waals surface area (Å²) < 4.78 is 0. The summed E-state index contributed by atoms with van der Waals surface area (Å²) in [7, 11) is 1.89. The second kappa shape index (κ2) is 15.3. The number of rotatable bonds is 14. The molecule has 0 aliphatic rings. The number of benzene rings is 2. The average Bonchev–Trinajstić information content (AvgIpc) is 3.33. The summed E-state index contributed by atoms with van der Waals surface area (Å²) in [5, 5.41) is 18.3. The zero-order valence-corrected chi connectivity index (χ0v) is 22.4. The first-order valence-corrected chi connectivity index (χ1v) is 13.3. The van der Waals surface area contributed by atoms with E-state index in [4.69, 9.17) is 11.5 Å². The largest absolute Gasteiger partial charge is 0.402 e. The maximum Gasteiger partial charge on any atom is 0.230 e. The van der Waals surface area contributed by atoms with Gasteiger partial charge in [-0.05, 0) is 55.2 Å². The first-order valence-electron chi connectivity index (χ1n) is 12.5. The molecule has 3 aromatic rings. The summed E-state index contributed by atoms with van der Waals surface area (Å²) in [5.74, 6) is -0.0398. The van der Waals surface area contributed by atoms with Gasteiger partial charge < -0.3 is 27.4 Å². The molecule has 0 saturated carbocycles. The minimum Gasteiger partial charge on any atom is -0.402 e. The highest BCUT2D eigenvalue weighted by Gasteiger charge is 2.10. The summed E-state index contributed by atoms with van der Waals surface area (Å²) in [6, 6.07) is 17.4. The van der Waals surface area contributed by atoms with Crippen molar-refractivity contribution in [1.82, 2.24) is 20.8 Å². The van der Waals surface area contributed by atoms with Gasteiger partial charge in [-0.2, -0.15) is 0 Å². The number of hydrogen-bond acceptors (Lipinski definition) is 8. The molecule has 2 amide bonds. The molecular weight excluding hydrogens is 498 g/mol. The maximum atomic E-state index is 12.4. The van der Waals surface area contributed by atoms with Crippen LogP contribution in [0.3, 0.4) is 0 Å². The lowest BCUT2D eigenvalue weighted by molar-refractivity contribution is -0.119. The molecule has 10 heteroatoms. The number of carbonyl (C=O) groups excluding carboxylic acids is 2. The minimum atomic E-state index is -0.178. The van der Waals surface area contributed by atoms with Gasteiger partial charge >= 0.3 is 0 Å². The summed E-state index contributed by atoms with van der Waals surface area (Å²) in [6.07, 6.45) is 7.05. The number of amides is 2. The zero-order chi connectivity index (χ0) is 27.2. The summed E-state index contributed by atoms with van der Waals surface area (Å²) in [4.78, 5) is 24.5. The highest BCUT2D eigenvalue weighted by Crippen LogP contribution is 2.18. The second-order valence-electron chi connectivity index (χ2n) is 8.86. The van der Waals surface area contributed by atoms with Crippen molar-refractivity contribution in [2.24, 2.45) is 11.5 Å². The Hall–Kier alpha value is -4.02. The van der Waals surface area contributed by atoms with Crippen LogP contribution in [0.4, 0.5) is 5.13 Å². The quantitative estimate of drug-likeness (QED) is 0.158. The molecule has 0 aliphatic heterocycles. The number of nitrogens with zero attached hydrogens (tertiary/aromatic N) is 2. The van der Waals surface area contributed by atoms with Gasteiger partial charge in [0, 0.05) is 18.7 Å². The molecule has 38 heavy (non-hydrogen) atoms. The number of allylic oxidation sites excluding steroid dienone is 3. The van der Waals surface area contributed by atoms with Gasteiger partial charge in [0.1, 0.15) is 10.8 Å². The fourth-order valence-electron chi connectivity index (χ4n) is 3.72. The first kappa shape index (κ1) is 28.5. The van der Waals surface area contributed by atoms with E-state index in [0.717, 1.165) is 47.5 Å². The predicted molar refractivity (Wildman–Crippen MR) is 152 cm³/mol. The Morgan fingerprint density at radius 3 is 2.42 bits per heavy atom. The Labute approximate surface area is 227 Å². The van der Waals surface area contributed by atoms with E-state index in [-0.39, 0.29) is 30.5 Å². The van der Waals surface area contributed by atoms with E-state index in [0.29, 0.717) is 17.2 Å². The molecule has 0 bridgehead atoms. The molecule has 0 fully saturated rings. The number of anilines is 1. The predicted octanol–water partition coefficient (Wildman–Crippen LogP) is 3.15. The van der Waals surface area contributed by atoms with E-state index < -0.39 is 0 Å². The van der Waals surface area contributed by atoms with Crippen molar-refractivity contribution in [3.8, 4) is 0 Å². The Balaban J connectivity index is 1.35. The van der Waals surface area contributed by atoms with Crippen molar-refractivity contribution in [3.63, 3.8) is 0 Å². The Morgan fingerprint density at radius 2 is 1.63 bits per heavy atom. The van der Waals surface area contributed by atoms with Crippen LogP contribution < -0.4 is 27.4 Å². The summed E-state index contributed by atoms with van der Waals surface area (Å²) in [5.41, 5.74) is 15.7. The van der Waals surface area contributed by atoms with Gasteiger partial charge in [0.2, 0.25) is 16.9 Å². The molecule has 0 atom stereocenters. The van der Waals surface area contributed by atoms with Gasteiger partial charge in [-0.15, -0.1) is 10.2 Å². The topological polar surface area (TPSA) is 148 Å². The van der Waals surface area contributed by atoms with E-state index in [9.17, 15) is 9.59 Å². The smallest absolute Gasteiger partial charge is 0.230 e. The van der Waals surface area contributed by atoms with Crippen LogP contribution in [0.5, 0.6) is 0 Å². The fraction of sp³-hybridized carbons (Fsp3) is 0.286. The molecule has 7 N–H and O–H groups in total. The molecule has 1 aromatic heterocycles. The molecule has 3 rings (SSSR count). The van der Waals surface area contributed by atoms with Gasteiger partial charge in [-0.1, -0.05) is 65.9 Å². The van der Waals surface area contributed by atoms with E-state index in [1.807, 2.05) is 61.6 Å². The summed E-state index contributed by atoms with van der Waals surface area (Å²) in [6.45, 7) is 0.759. The monoisotopic (exact) mass is 533 g/mol. The van der Waals surface area contributed by atoms with E-state index in [1.165, 1.54) is 11.3 Å². The molecule has 0 aliphatic carbocycles. The second-order valence-corrected chi connectivity index (χ2v) is 9.92. The third-order valence-electron chi connectivity index (χ3n) is 5.52. The standard InChI is InChI=1S/C28H35N7O2S/c1-31-19-22-11-7-10-21(16-22)18-26(37)33-28-35-34-27(38-28)13-6-5-12-23(29)14-15-24(30)32-25(36)17-20-8-3-2-4-9-20/h2-4,7-11,14-16,31H,5-6,12-13,17-19,29-30H2,1H3,(H,32,36)(H,33,35,37)/b23-14-,24-15+. The number of unbranched alkanes of at least 4 members (excludes halogenated alkanes) is 1. The molecule has 0 spiro atoms. The van der Waals surface area contributed by atoms with Gasteiger partial charge in [0.05, 0.1) is 12.8 Å². The lowest BCUT2D eigenvalue weighted by Crippen LogP contribution is -2.28. The van der Waals surface area contributed by atoms with Crippen LogP contribution in [0.15, 0.2) is 78.3 Å². The molecule has 0 unspecified atom stereocenters. The van der Waals surface area contributed by atoms with Crippen LogP contribution >= 0.6 is 11.3 Å². The third-order valence-corrected chi connectivity index (χ3v) is 6.42. The number of aryl methyl sites for hydroxylation is 1. The first-order chi connectivity index (χ1) is 18.4. The van der Waals surface area contributed by atoms with Crippen molar-refractivity contribution in [2.75, 3.05) is 12.4 Å². The molecular formula is C28H35N7O2S. The van der Waals surface area contributed by atoms with Crippen LogP contribution in [0.25, 0.3) is 0 Å². The van der Waals surface area contributed by atoms with Crippen LogP contribution in [0.1, 0.15) is 41.0 Å². The number of carbonyl (C=O) groups is 2. The van der Waals surface area contributed by atoms with E-state index in [1.54, 1.807) is 12.2 Å². The van der Waals surface area contributed by atoms with Crippen LogP contribution in [-0.4, -0.2) is 29.1 Å². The third kappa shape index (κ3) is 10.5. The van der Waals surface area contributed by atoms with Gasteiger partial charge in [0.25, 0.3) is 0 Å². The number of nitrogens with two attached hydrogens (primary N) is 2. The van der Waals surface area contributed by atoms with Crippen molar-refractivity contribution in [3.05, 3.63) is 100.0 Å². The average molecular weight is 534 g/mol. The van der Waals surface area contributed by atoms with Gasteiger partial charge in [0.15, 0.2) is 0 Å². The minimum absolute atomic E-state index is 0.115. The highest BCUT2D eigenvalue weighted by molar-refractivity contribution is 7.15. The lowest BCUT2D eigenvalue weighted by Gasteiger charge is -2.05. The van der Waals surface area contributed by atoms with Crippen molar-refractivity contribution >= 4 is 28.3 Å². The molecule has 9 nitrogen and oxygen atoms in total. The zero-order valence-electron chi connectivity index (χ0n) is 21.6. The number of nitrogens with one attached hydrogen (secondary N) is 3. The SMILES string of the molecule is CNCc1cccc(CC(=O)Nc2nnc(CCCC/C(N)=C/C=C(\N)NC(=O)Cc3ccccc3)s2)c1. The lowest BCUT2D eigenvalue weighted by atomic mass is 10.1. The van der Waals surface area contributed by atoms with E-state index >= 15 is 0 Å². The van der Waals surface area contributed by atoms with Crippen LogP contribution in [-0.2, 0) is 35.4 Å². The van der Waals surface area contributed by atoms with Gasteiger partial charge in [-0.25, -0.2) is 0 Å². The Bertz CT molecular complexity index is 1250. The van der Waals surface area contributed by atoms with Crippen LogP contribution in [0.2, 0.25) is 0 Å². The summed E-state index contributed by atoms with van der Waals surface area (Å²) >= 11 is 1.39. The van der Waals surface area contributed by atoms with Crippen molar-refractivity contribution in [2.45, 2.75) is 45.1 Å². The van der Waals surface area contributed by atoms with Crippen molar-refractivity contribution in [1.29, 1.82) is 0 Å². The van der Waals surface area contributed by atoms with Crippen LogP contribution in [0, 0.1) is 0 Å². The molecule has 200 valence electrons. The highest BCUT2D eigenvalue weighted by atomic mass is 32.1. The normalized spacial score (nSPS) is 11.8. The Kier molecular flexibility index (Phi) is 11.5. The molecule has 0 radical (unpaired) electrons. The van der Waals surface area contributed by atoms with E-state index in [2.05, 4.69) is 26.1 Å². The number of aromatic nitrogens is 2. The molecule has 0 saturated heterocycles.